The van der Waals surface area contributed by atoms with E-state index < -0.39 is 0 Å². The predicted octanol–water partition coefficient (Wildman–Crippen LogP) is 18.3. The first-order valence-corrected chi connectivity index (χ1v) is 23.3. The highest BCUT2D eigenvalue weighted by atomic mass is 15.1. The van der Waals surface area contributed by atoms with E-state index in [4.69, 9.17) is 0 Å². The van der Waals surface area contributed by atoms with Gasteiger partial charge in [0.15, 0.2) is 0 Å². The predicted molar refractivity (Wildman–Crippen MR) is 283 cm³/mol. The first-order valence-electron chi connectivity index (χ1n) is 23.3. The van der Waals surface area contributed by atoms with Crippen LogP contribution < -0.4 is 9.80 Å². The van der Waals surface area contributed by atoms with E-state index in [1.54, 1.807) is 0 Å². The van der Waals surface area contributed by atoms with E-state index in [1.165, 1.54) is 76.8 Å². The molecule has 0 aromatic heterocycles. The molecule has 0 N–H and O–H groups in total. The molecule has 2 nitrogen and oxygen atoms in total. The van der Waals surface area contributed by atoms with Crippen LogP contribution in [0.3, 0.4) is 0 Å². The van der Waals surface area contributed by atoms with Gasteiger partial charge in [-0.3, -0.25) is 0 Å². The van der Waals surface area contributed by atoms with Gasteiger partial charge in [0, 0.05) is 33.5 Å². The highest BCUT2D eigenvalue weighted by Gasteiger charge is 2.23. The van der Waals surface area contributed by atoms with Gasteiger partial charge in [-0.25, -0.2) is 0 Å². The first kappa shape index (κ1) is 39.4. The van der Waals surface area contributed by atoms with Crippen molar-refractivity contribution in [3.8, 4) is 22.3 Å². The van der Waals surface area contributed by atoms with Gasteiger partial charge < -0.3 is 9.80 Å². The standard InChI is InChI=1S/C64H48N2/c1-5-17-45(18-6-1)51-25-13-29-55(41-51)65(56-30-14-26-52(42-56)46-19-7-2-8-20-46)61-39-35-49-34-38-60-62(40-36-50-33-37-59(61)63(49)64(50)60)66(57-31-15-27-53(43-57)47-21-9-3-10-22-47)58-32-16-28-54(44-58)48-23-11-4-12-24-48/h1,3,5-7,9-11,13-44H,2,4,8,12H2. The Morgan fingerprint density at radius 1 is 0.288 bits per heavy atom. The molecule has 10 aromatic carbocycles. The number of benzene rings is 10. The SMILES string of the molecule is C1=CC(c2cccc(N(c3cccc(-c4ccccc4)c3)c3ccc4ccc5c(N(c6cccc(C7=CCCC=C7)c6)c6cccc(-c7ccccc7)c6)ccc6ccc3c4c65)c2)=CCC1. The molecule has 2 aliphatic carbocycles. The Kier molecular flexibility index (Phi) is 10.2. The van der Waals surface area contributed by atoms with Crippen molar-refractivity contribution in [1.29, 1.82) is 0 Å². The Labute approximate surface area is 387 Å². The highest BCUT2D eigenvalue weighted by Crippen LogP contribution is 2.48. The van der Waals surface area contributed by atoms with Crippen molar-refractivity contribution in [3.05, 3.63) is 254 Å². The van der Waals surface area contributed by atoms with Crippen LogP contribution in [0.15, 0.2) is 243 Å². The number of allylic oxidation sites excluding steroid dienone is 8. The fourth-order valence-corrected chi connectivity index (χ4v) is 10.2. The summed E-state index contributed by atoms with van der Waals surface area (Å²) in [7, 11) is 0. The second-order valence-electron chi connectivity index (χ2n) is 17.5. The van der Waals surface area contributed by atoms with Crippen LogP contribution in [0.5, 0.6) is 0 Å². The molecule has 10 aromatic rings. The molecule has 2 heteroatoms. The van der Waals surface area contributed by atoms with Crippen molar-refractivity contribution < 1.29 is 0 Å². The van der Waals surface area contributed by atoms with E-state index in [0.717, 1.165) is 59.8 Å². The summed E-state index contributed by atoms with van der Waals surface area (Å²) < 4.78 is 0. The van der Waals surface area contributed by atoms with Gasteiger partial charge in [-0.2, -0.15) is 0 Å². The molecule has 0 radical (unpaired) electrons. The Morgan fingerprint density at radius 3 is 1.05 bits per heavy atom. The molecule has 0 spiro atoms. The van der Waals surface area contributed by atoms with Gasteiger partial charge in [-0.15, -0.1) is 0 Å². The maximum Gasteiger partial charge on any atom is 0.0540 e. The van der Waals surface area contributed by atoms with E-state index in [9.17, 15) is 0 Å². The van der Waals surface area contributed by atoms with E-state index in [-0.39, 0.29) is 0 Å². The van der Waals surface area contributed by atoms with Gasteiger partial charge in [-0.1, -0.05) is 182 Å². The van der Waals surface area contributed by atoms with Crippen LogP contribution in [-0.4, -0.2) is 0 Å². The summed E-state index contributed by atoms with van der Waals surface area (Å²) in [5.41, 5.74) is 16.6. The molecule has 0 bridgehead atoms. The lowest BCUT2D eigenvalue weighted by Crippen LogP contribution is -2.12. The molecular formula is C64H48N2. The fraction of sp³-hybridized carbons (Fsp3) is 0.0625. The second-order valence-corrected chi connectivity index (χ2v) is 17.5. The fourth-order valence-electron chi connectivity index (χ4n) is 10.2. The molecule has 2 aliphatic rings. The molecule has 66 heavy (non-hydrogen) atoms. The minimum absolute atomic E-state index is 1.06. The largest absolute Gasteiger partial charge is 0.310 e. The molecule has 12 rings (SSSR count). The van der Waals surface area contributed by atoms with Crippen LogP contribution in [0.4, 0.5) is 34.1 Å². The monoisotopic (exact) mass is 844 g/mol. The third-order valence-electron chi connectivity index (χ3n) is 13.4. The molecule has 0 fully saturated rings. The average molecular weight is 845 g/mol. The van der Waals surface area contributed by atoms with E-state index in [0.29, 0.717) is 0 Å². The molecule has 0 heterocycles. The van der Waals surface area contributed by atoms with Gasteiger partial charge in [0.05, 0.1) is 11.4 Å². The lowest BCUT2D eigenvalue weighted by Gasteiger charge is -2.30. The maximum atomic E-state index is 2.47. The van der Waals surface area contributed by atoms with Crippen molar-refractivity contribution in [3.63, 3.8) is 0 Å². The van der Waals surface area contributed by atoms with E-state index in [1.807, 2.05) is 0 Å². The first-order chi connectivity index (χ1) is 32.7. The quantitative estimate of drug-likeness (QED) is 0.127. The lowest BCUT2D eigenvalue weighted by atomic mass is 9.91. The molecule has 0 unspecified atom stereocenters. The molecule has 0 atom stereocenters. The number of hydrogen-bond acceptors (Lipinski definition) is 2. The molecule has 0 amide bonds. The number of hydrogen-bond donors (Lipinski definition) is 0. The number of anilines is 6. The van der Waals surface area contributed by atoms with Crippen LogP contribution in [-0.2, 0) is 0 Å². The summed E-state index contributed by atoms with van der Waals surface area (Å²) in [6.07, 6.45) is 18.2. The van der Waals surface area contributed by atoms with Crippen molar-refractivity contribution in [2.75, 3.05) is 9.80 Å². The highest BCUT2D eigenvalue weighted by molar-refractivity contribution is 6.28. The van der Waals surface area contributed by atoms with Crippen molar-refractivity contribution in [1.82, 2.24) is 0 Å². The maximum absolute atomic E-state index is 2.47. The normalized spacial score (nSPS) is 13.6. The molecule has 0 aliphatic heterocycles. The van der Waals surface area contributed by atoms with Crippen molar-refractivity contribution in [2.24, 2.45) is 0 Å². The molecule has 0 saturated heterocycles. The zero-order chi connectivity index (χ0) is 43.8. The summed E-state index contributed by atoms with van der Waals surface area (Å²) in [5, 5.41) is 7.42. The molecular weight excluding hydrogens is 797 g/mol. The third-order valence-corrected chi connectivity index (χ3v) is 13.4. The Hall–Kier alpha value is -8.20. The topological polar surface area (TPSA) is 6.48 Å². The minimum Gasteiger partial charge on any atom is -0.310 e. The van der Waals surface area contributed by atoms with Crippen LogP contribution in [0.1, 0.15) is 36.8 Å². The summed E-state index contributed by atoms with van der Waals surface area (Å²) in [4.78, 5) is 4.94. The van der Waals surface area contributed by atoms with Gasteiger partial charge in [0.2, 0.25) is 0 Å². The third kappa shape index (κ3) is 7.27. The van der Waals surface area contributed by atoms with Crippen molar-refractivity contribution >= 4 is 77.6 Å². The van der Waals surface area contributed by atoms with Gasteiger partial charge in [0.1, 0.15) is 0 Å². The van der Waals surface area contributed by atoms with Crippen LogP contribution >= 0.6 is 0 Å². The zero-order valence-electron chi connectivity index (χ0n) is 36.8. The van der Waals surface area contributed by atoms with Gasteiger partial charge in [-0.05, 0) is 152 Å². The van der Waals surface area contributed by atoms with E-state index >= 15 is 0 Å². The van der Waals surface area contributed by atoms with Gasteiger partial charge in [0.25, 0.3) is 0 Å². The smallest absolute Gasteiger partial charge is 0.0540 e. The zero-order valence-corrected chi connectivity index (χ0v) is 36.8. The van der Waals surface area contributed by atoms with Crippen LogP contribution in [0.25, 0.3) is 65.7 Å². The second kappa shape index (κ2) is 17.1. The minimum atomic E-state index is 1.06. The van der Waals surface area contributed by atoms with Crippen LogP contribution in [0.2, 0.25) is 0 Å². The summed E-state index contributed by atoms with van der Waals surface area (Å²) in [6, 6.07) is 76.2. The molecule has 0 saturated carbocycles. The Bertz CT molecular complexity index is 3300. The number of rotatable bonds is 10. The summed E-state index contributed by atoms with van der Waals surface area (Å²) in [5.74, 6) is 0. The Balaban J connectivity index is 1.07. The molecule has 314 valence electrons. The number of nitrogens with zero attached hydrogens (tertiary/aromatic N) is 2. The van der Waals surface area contributed by atoms with Crippen LogP contribution in [0, 0.1) is 0 Å². The van der Waals surface area contributed by atoms with Gasteiger partial charge >= 0.3 is 0 Å². The Morgan fingerprint density at radius 2 is 0.652 bits per heavy atom. The summed E-state index contributed by atoms with van der Waals surface area (Å²) >= 11 is 0. The van der Waals surface area contributed by atoms with Crippen molar-refractivity contribution in [2.45, 2.75) is 25.7 Å². The average Bonchev–Trinajstić information content (AvgIpc) is 3.40. The van der Waals surface area contributed by atoms with E-state index in [2.05, 4.69) is 253 Å². The lowest BCUT2D eigenvalue weighted by molar-refractivity contribution is 1.04. The summed E-state index contributed by atoms with van der Waals surface area (Å²) in [6.45, 7) is 0.